The Morgan fingerprint density at radius 3 is 1.52 bits per heavy atom. The summed E-state index contributed by atoms with van der Waals surface area (Å²) in [5.74, 6) is -0.389. The number of hydrogen-bond donors (Lipinski definition) is 0. The van der Waals surface area contributed by atoms with Crippen LogP contribution in [0.15, 0.2) is 0 Å². The second-order valence-electron chi connectivity index (χ2n) is 12.4. The minimum absolute atomic E-state index is 0.00398. The van der Waals surface area contributed by atoms with Crippen molar-refractivity contribution in [1.82, 2.24) is 0 Å². The Balaban J connectivity index is 3.03. The molecule has 1 fully saturated rings. The lowest BCUT2D eigenvalue weighted by Crippen LogP contribution is -2.49. The first kappa shape index (κ1) is 26.9. The van der Waals surface area contributed by atoms with Crippen LogP contribution in [0.5, 0.6) is 0 Å². The van der Waals surface area contributed by atoms with E-state index in [1.54, 1.807) is 0 Å². The van der Waals surface area contributed by atoms with Crippen molar-refractivity contribution in [2.75, 3.05) is 0 Å². The van der Waals surface area contributed by atoms with Crippen molar-refractivity contribution in [3.05, 3.63) is 0 Å². The van der Waals surface area contributed by atoms with Gasteiger partial charge < -0.3 is 0 Å². The summed E-state index contributed by atoms with van der Waals surface area (Å²) in [5, 5.41) is 0. The predicted octanol–water partition coefficient (Wildman–Crippen LogP) is 7.85. The first-order valence-electron chi connectivity index (χ1n) is 11.8. The van der Waals surface area contributed by atoms with Gasteiger partial charge in [-0.05, 0) is 41.4 Å². The van der Waals surface area contributed by atoms with Crippen LogP contribution in [0.4, 0.5) is 0 Å². The van der Waals surface area contributed by atoms with Gasteiger partial charge in [0.15, 0.2) is 0 Å². The fraction of sp³-hybridized carbons (Fsp3) is 1.00. The summed E-state index contributed by atoms with van der Waals surface area (Å²) in [7, 11) is 0. The van der Waals surface area contributed by atoms with Crippen molar-refractivity contribution in [3.8, 4) is 0 Å². The highest BCUT2D eigenvalue weighted by Gasteiger charge is 2.49. The maximum Gasteiger partial charge on any atom is 0.234 e. The molecule has 0 spiro atoms. The van der Waals surface area contributed by atoms with E-state index in [2.05, 4.69) is 76.2 Å². The zero-order valence-corrected chi connectivity index (χ0v) is 21.3. The average molecular weight is 415 g/mol. The van der Waals surface area contributed by atoms with Crippen LogP contribution in [0.25, 0.3) is 0 Å². The molecule has 174 valence electrons. The van der Waals surface area contributed by atoms with Crippen LogP contribution in [0.3, 0.4) is 0 Å². The molecule has 3 unspecified atom stereocenters. The van der Waals surface area contributed by atoms with Crippen LogP contribution in [-0.4, -0.2) is 18.0 Å². The molecule has 0 amide bonds. The first-order valence-corrected chi connectivity index (χ1v) is 11.8. The lowest BCUT2D eigenvalue weighted by Gasteiger charge is -2.46. The van der Waals surface area contributed by atoms with Gasteiger partial charge in [-0.15, -0.1) is 0 Å². The van der Waals surface area contributed by atoms with Crippen LogP contribution >= 0.6 is 0 Å². The van der Waals surface area contributed by atoms with Gasteiger partial charge >= 0.3 is 0 Å². The summed E-state index contributed by atoms with van der Waals surface area (Å²) in [4.78, 5) is 24.6. The Morgan fingerprint density at radius 1 is 0.793 bits per heavy atom. The molecule has 4 nitrogen and oxygen atoms in total. The largest absolute Gasteiger partial charge is 0.234 e. The van der Waals surface area contributed by atoms with E-state index >= 15 is 0 Å². The molecule has 3 atom stereocenters. The molecule has 0 aromatic rings. The van der Waals surface area contributed by atoms with Crippen LogP contribution in [-0.2, 0) is 19.6 Å². The Bertz CT molecular complexity index is 444. The van der Waals surface area contributed by atoms with E-state index in [-0.39, 0.29) is 28.5 Å². The van der Waals surface area contributed by atoms with E-state index in [0.717, 1.165) is 44.9 Å². The lowest BCUT2D eigenvalue weighted by molar-refractivity contribution is -0.545. The molecule has 29 heavy (non-hydrogen) atoms. The van der Waals surface area contributed by atoms with E-state index in [1.165, 1.54) is 0 Å². The first-order chi connectivity index (χ1) is 13.1. The van der Waals surface area contributed by atoms with E-state index in [0.29, 0.717) is 5.92 Å². The lowest BCUT2D eigenvalue weighted by atomic mass is 9.70. The Hall–Kier alpha value is -0.160. The van der Waals surface area contributed by atoms with Gasteiger partial charge in [0.25, 0.3) is 0 Å². The van der Waals surface area contributed by atoms with Crippen LogP contribution in [0, 0.1) is 22.2 Å². The summed E-state index contributed by atoms with van der Waals surface area (Å²) < 4.78 is 0. The molecule has 1 aliphatic carbocycles. The minimum Gasteiger partial charge on any atom is -0.230 e. The maximum absolute atomic E-state index is 6.21. The average Bonchev–Trinajstić information content (AvgIpc) is 2.51. The number of hydrogen-bond acceptors (Lipinski definition) is 4. The minimum atomic E-state index is -0.865. The monoisotopic (exact) mass is 414 g/mol. The molecule has 0 saturated heterocycles. The quantitative estimate of drug-likeness (QED) is 0.207. The van der Waals surface area contributed by atoms with Gasteiger partial charge in [-0.25, -0.2) is 9.78 Å². The van der Waals surface area contributed by atoms with Gasteiger partial charge in [0.1, 0.15) is 0 Å². The van der Waals surface area contributed by atoms with Crippen molar-refractivity contribution in [2.24, 2.45) is 22.2 Å². The molecule has 1 rings (SSSR count). The summed E-state index contributed by atoms with van der Waals surface area (Å²) in [6.45, 7) is 24.4. The van der Waals surface area contributed by atoms with Gasteiger partial charge in [0, 0.05) is 12.8 Å². The van der Waals surface area contributed by atoms with Crippen molar-refractivity contribution in [1.29, 1.82) is 0 Å². The van der Waals surface area contributed by atoms with Crippen LogP contribution in [0.2, 0.25) is 0 Å². The zero-order chi connectivity index (χ0) is 22.5. The SMILES string of the molecule is CCCC(OOC1(OOC(CCC)C(C)(C)C)CC(C)CC(C)(C)C1)C(C)(C)C. The molecule has 0 radical (unpaired) electrons. The third-order valence-electron chi connectivity index (χ3n) is 5.97. The third kappa shape index (κ3) is 8.85. The van der Waals surface area contributed by atoms with E-state index < -0.39 is 5.79 Å². The molecule has 0 aromatic heterocycles. The molecule has 0 bridgehead atoms. The predicted molar refractivity (Wildman–Crippen MR) is 120 cm³/mol. The Morgan fingerprint density at radius 2 is 1.21 bits per heavy atom. The van der Waals surface area contributed by atoms with Crippen molar-refractivity contribution >= 4 is 0 Å². The van der Waals surface area contributed by atoms with E-state index in [4.69, 9.17) is 19.6 Å². The Kier molecular flexibility index (Phi) is 9.67. The summed E-state index contributed by atoms with van der Waals surface area (Å²) >= 11 is 0. The standard InChI is InChI=1S/C25H50O4/c1-12-14-20(22(4,5)6)26-28-25(17-19(3)16-24(10,11)18-25)29-27-21(15-13-2)23(7,8)9/h19-21H,12-18H2,1-11H3. The summed E-state index contributed by atoms with van der Waals surface area (Å²) in [6, 6.07) is 0. The summed E-state index contributed by atoms with van der Waals surface area (Å²) in [5.41, 5.74) is 0.113. The molecule has 4 heteroatoms. The van der Waals surface area contributed by atoms with E-state index in [1.807, 2.05) is 0 Å². The molecular weight excluding hydrogens is 364 g/mol. The highest BCUT2D eigenvalue weighted by molar-refractivity contribution is 4.88. The van der Waals surface area contributed by atoms with Gasteiger partial charge in [0.2, 0.25) is 5.79 Å². The fourth-order valence-electron chi connectivity index (χ4n) is 4.63. The van der Waals surface area contributed by atoms with Crippen molar-refractivity contribution in [3.63, 3.8) is 0 Å². The second-order valence-corrected chi connectivity index (χ2v) is 12.4. The van der Waals surface area contributed by atoms with Crippen molar-refractivity contribution < 1.29 is 19.6 Å². The summed E-state index contributed by atoms with van der Waals surface area (Å²) in [6.07, 6.45) is 6.75. The fourth-order valence-corrected chi connectivity index (χ4v) is 4.63. The van der Waals surface area contributed by atoms with Crippen molar-refractivity contribution in [2.45, 2.75) is 139 Å². The topological polar surface area (TPSA) is 36.9 Å². The van der Waals surface area contributed by atoms with Gasteiger partial charge in [0.05, 0.1) is 12.2 Å². The molecule has 1 aliphatic rings. The molecule has 0 aliphatic heterocycles. The molecule has 0 N–H and O–H groups in total. The van der Waals surface area contributed by atoms with Crippen LogP contribution < -0.4 is 0 Å². The normalized spacial score (nSPS) is 27.6. The van der Waals surface area contributed by atoms with Crippen LogP contribution in [0.1, 0.15) is 121 Å². The molecule has 1 saturated carbocycles. The van der Waals surface area contributed by atoms with E-state index in [9.17, 15) is 0 Å². The Labute approximate surface area is 181 Å². The highest BCUT2D eigenvalue weighted by Crippen LogP contribution is 2.47. The van der Waals surface area contributed by atoms with Gasteiger partial charge in [-0.2, -0.15) is 9.78 Å². The number of rotatable bonds is 10. The zero-order valence-electron chi connectivity index (χ0n) is 21.3. The second kappa shape index (κ2) is 10.4. The van der Waals surface area contributed by atoms with Gasteiger partial charge in [-0.1, -0.05) is 89.0 Å². The molecule has 0 aromatic carbocycles. The smallest absolute Gasteiger partial charge is 0.230 e. The molecular formula is C25H50O4. The maximum atomic E-state index is 6.21. The highest BCUT2D eigenvalue weighted by atomic mass is 17.3. The van der Waals surface area contributed by atoms with Gasteiger partial charge in [-0.3, -0.25) is 0 Å². The molecule has 0 heterocycles. The third-order valence-corrected chi connectivity index (χ3v) is 5.97.